The van der Waals surface area contributed by atoms with Crippen LogP contribution in [0, 0.1) is 0 Å². The molecule has 0 heterocycles. The van der Waals surface area contributed by atoms with Gasteiger partial charge in [-0.05, 0) is 12.6 Å². The van der Waals surface area contributed by atoms with Gasteiger partial charge in [0.05, 0.1) is 6.61 Å². The minimum absolute atomic E-state index is 0.0135. The van der Waals surface area contributed by atoms with Crippen LogP contribution in [0.5, 0.6) is 0 Å². The van der Waals surface area contributed by atoms with Gasteiger partial charge in [-0.3, -0.25) is 0 Å². The number of benzene rings is 1. The highest BCUT2D eigenvalue weighted by atomic mass is 16.3. The van der Waals surface area contributed by atoms with Gasteiger partial charge in [0, 0.05) is 12.1 Å². The third-order valence-corrected chi connectivity index (χ3v) is 2.11. The molecule has 13 heavy (non-hydrogen) atoms. The molecule has 3 nitrogen and oxygen atoms in total. The summed E-state index contributed by atoms with van der Waals surface area (Å²) in [5, 5.41) is 12.0. The van der Waals surface area contributed by atoms with Gasteiger partial charge in [0.25, 0.3) is 0 Å². The van der Waals surface area contributed by atoms with Crippen LogP contribution in [0.4, 0.5) is 0 Å². The topological polar surface area (TPSA) is 58.3 Å². The Kier molecular flexibility index (Phi) is 3.89. The Bertz CT molecular complexity index is 238. The van der Waals surface area contributed by atoms with E-state index in [1.54, 1.807) is 0 Å². The summed E-state index contributed by atoms with van der Waals surface area (Å²) in [6, 6.07) is 9.64. The summed E-state index contributed by atoms with van der Waals surface area (Å²) in [6.45, 7) is -0.0135. The Balaban J connectivity index is 2.78. The van der Waals surface area contributed by atoms with Gasteiger partial charge in [0.15, 0.2) is 0 Å². The Morgan fingerprint density at radius 2 is 2.00 bits per heavy atom. The van der Waals surface area contributed by atoms with Crippen molar-refractivity contribution in [2.45, 2.75) is 12.1 Å². The largest absolute Gasteiger partial charge is 0.395 e. The number of hydrogen-bond donors (Lipinski definition) is 3. The molecule has 0 spiro atoms. The van der Waals surface area contributed by atoms with Crippen molar-refractivity contribution in [1.82, 2.24) is 5.32 Å². The van der Waals surface area contributed by atoms with E-state index in [0.29, 0.717) is 0 Å². The lowest BCUT2D eigenvalue weighted by Crippen LogP contribution is -2.38. The molecule has 0 radical (unpaired) electrons. The number of hydrogen-bond acceptors (Lipinski definition) is 3. The molecule has 0 amide bonds. The van der Waals surface area contributed by atoms with Crippen LogP contribution in [0.15, 0.2) is 30.3 Å². The van der Waals surface area contributed by atoms with Crippen molar-refractivity contribution >= 4 is 0 Å². The van der Waals surface area contributed by atoms with Crippen LogP contribution in [0.25, 0.3) is 0 Å². The monoisotopic (exact) mass is 180 g/mol. The summed E-state index contributed by atoms with van der Waals surface area (Å²) in [5.41, 5.74) is 6.85. The molecule has 0 aromatic heterocycles. The third kappa shape index (κ3) is 2.52. The van der Waals surface area contributed by atoms with Crippen molar-refractivity contribution in [2.24, 2.45) is 5.73 Å². The minimum atomic E-state index is -0.257. The number of nitrogens with two attached hydrogens (primary N) is 1. The molecular formula is C10H16N2O. The van der Waals surface area contributed by atoms with Gasteiger partial charge in [-0.25, -0.2) is 0 Å². The van der Waals surface area contributed by atoms with Crippen LogP contribution < -0.4 is 11.1 Å². The Morgan fingerprint density at radius 1 is 1.38 bits per heavy atom. The first-order chi connectivity index (χ1) is 6.29. The summed E-state index contributed by atoms with van der Waals surface area (Å²) < 4.78 is 0. The molecule has 0 saturated heterocycles. The van der Waals surface area contributed by atoms with Gasteiger partial charge >= 0.3 is 0 Å². The van der Waals surface area contributed by atoms with Crippen LogP contribution in [0.3, 0.4) is 0 Å². The molecule has 0 aliphatic heterocycles. The Hall–Kier alpha value is -0.900. The standard InChI is InChI=1S/C10H16N2O/c1-12-10(9(11)7-13)8-5-3-2-4-6-8/h2-6,9-10,12-13H,7,11H2,1H3. The molecule has 1 rings (SSSR count). The van der Waals surface area contributed by atoms with E-state index in [2.05, 4.69) is 5.32 Å². The van der Waals surface area contributed by atoms with E-state index in [1.165, 1.54) is 0 Å². The van der Waals surface area contributed by atoms with Crippen LogP contribution in [-0.2, 0) is 0 Å². The molecule has 0 aliphatic rings. The van der Waals surface area contributed by atoms with E-state index in [-0.39, 0.29) is 18.7 Å². The van der Waals surface area contributed by atoms with Gasteiger partial charge < -0.3 is 16.2 Å². The lowest BCUT2D eigenvalue weighted by atomic mass is 10.0. The van der Waals surface area contributed by atoms with Crippen molar-refractivity contribution in [3.8, 4) is 0 Å². The molecule has 2 atom stereocenters. The maximum absolute atomic E-state index is 8.93. The second kappa shape index (κ2) is 4.97. The van der Waals surface area contributed by atoms with E-state index in [0.717, 1.165) is 5.56 Å². The van der Waals surface area contributed by atoms with Crippen molar-refractivity contribution < 1.29 is 5.11 Å². The van der Waals surface area contributed by atoms with Crippen molar-refractivity contribution in [3.63, 3.8) is 0 Å². The van der Waals surface area contributed by atoms with E-state index in [1.807, 2.05) is 37.4 Å². The zero-order valence-electron chi connectivity index (χ0n) is 7.77. The zero-order valence-corrected chi connectivity index (χ0v) is 7.77. The molecule has 1 aromatic rings. The summed E-state index contributed by atoms with van der Waals surface area (Å²) in [5.74, 6) is 0. The number of likely N-dealkylation sites (N-methyl/N-ethyl adjacent to an activating group) is 1. The van der Waals surface area contributed by atoms with E-state index in [4.69, 9.17) is 10.8 Å². The maximum atomic E-state index is 8.93. The third-order valence-electron chi connectivity index (χ3n) is 2.11. The highest BCUT2D eigenvalue weighted by Crippen LogP contribution is 2.14. The summed E-state index contributed by atoms with van der Waals surface area (Å²) >= 11 is 0. The fraction of sp³-hybridized carbons (Fsp3) is 0.400. The van der Waals surface area contributed by atoms with Crippen LogP contribution in [0.2, 0.25) is 0 Å². The van der Waals surface area contributed by atoms with E-state index >= 15 is 0 Å². The first kappa shape index (κ1) is 10.2. The lowest BCUT2D eigenvalue weighted by molar-refractivity contribution is 0.240. The average Bonchev–Trinajstić information content (AvgIpc) is 2.20. The first-order valence-corrected chi connectivity index (χ1v) is 4.38. The number of aliphatic hydroxyl groups is 1. The highest BCUT2D eigenvalue weighted by Gasteiger charge is 2.16. The summed E-state index contributed by atoms with van der Waals surface area (Å²) in [7, 11) is 1.84. The molecule has 0 aliphatic carbocycles. The van der Waals surface area contributed by atoms with Gasteiger partial charge in [-0.2, -0.15) is 0 Å². The number of aliphatic hydroxyl groups excluding tert-OH is 1. The van der Waals surface area contributed by atoms with Crippen molar-refractivity contribution in [2.75, 3.05) is 13.7 Å². The van der Waals surface area contributed by atoms with Crippen molar-refractivity contribution in [3.05, 3.63) is 35.9 Å². The fourth-order valence-electron chi connectivity index (χ4n) is 1.39. The van der Waals surface area contributed by atoms with Gasteiger partial charge in [-0.15, -0.1) is 0 Å². The molecule has 4 N–H and O–H groups in total. The van der Waals surface area contributed by atoms with Crippen LogP contribution >= 0.6 is 0 Å². The highest BCUT2D eigenvalue weighted by molar-refractivity contribution is 5.20. The molecule has 0 fully saturated rings. The molecule has 3 heteroatoms. The fourth-order valence-corrected chi connectivity index (χ4v) is 1.39. The molecule has 2 unspecified atom stereocenters. The van der Waals surface area contributed by atoms with E-state index in [9.17, 15) is 0 Å². The second-order valence-corrected chi connectivity index (χ2v) is 3.02. The maximum Gasteiger partial charge on any atom is 0.0601 e. The second-order valence-electron chi connectivity index (χ2n) is 3.02. The zero-order chi connectivity index (χ0) is 9.68. The number of nitrogens with one attached hydrogen (secondary N) is 1. The quantitative estimate of drug-likeness (QED) is 0.623. The molecular weight excluding hydrogens is 164 g/mol. The summed E-state index contributed by atoms with van der Waals surface area (Å²) in [4.78, 5) is 0. The van der Waals surface area contributed by atoms with Crippen LogP contribution in [-0.4, -0.2) is 24.8 Å². The molecule has 1 aromatic carbocycles. The molecule has 0 saturated carbocycles. The lowest BCUT2D eigenvalue weighted by Gasteiger charge is -2.21. The van der Waals surface area contributed by atoms with Gasteiger partial charge in [0.1, 0.15) is 0 Å². The van der Waals surface area contributed by atoms with Crippen LogP contribution in [0.1, 0.15) is 11.6 Å². The minimum Gasteiger partial charge on any atom is -0.395 e. The van der Waals surface area contributed by atoms with Gasteiger partial charge in [0.2, 0.25) is 0 Å². The SMILES string of the molecule is CNC(c1ccccc1)C(N)CO. The molecule has 72 valence electrons. The van der Waals surface area contributed by atoms with Crippen molar-refractivity contribution in [1.29, 1.82) is 0 Å². The summed E-state index contributed by atoms with van der Waals surface area (Å²) in [6.07, 6.45) is 0. The normalized spacial score (nSPS) is 15.3. The Labute approximate surface area is 78.6 Å². The smallest absolute Gasteiger partial charge is 0.0601 e. The molecule has 0 bridgehead atoms. The predicted octanol–water partition coefficient (Wildman–Crippen LogP) is 0.267. The first-order valence-electron chi connectivity index (χ1n) is 4.38. The Morgan fingerprint density at radius 3 is 2.46 bits per heavy atom. The number of rotatable bonds is 4. The van der Waals surface area contributed by atoms with Gasteiger partial charge in [-0.1, -0.05) is 30.3 Å². The predicted molar refractivity (Wildman–Crippen MR) is 53.3 cm³/mol. The van der Waals surface area contributed by atoms with E-state index < -0.39 is 0 Å². The average molecular weight is 180 g/mol.